The van der Waals surface area contributed by atoms with E-state index in [1.807, 2.05) is 55.5 Å². The van der Waals surface area contributed by atoms with Gasteiger partial charge in [0.15, 0.2) is 0 Å². The van der Waals surface area contributed by atoms with Gasteiger partial charge >= 0.3 is 0 Å². The molecule has 0 saturated heterocycles. The van der Waals surface area contributed by atoms with E-state index in [1.165, 1.54) is 0 Å². The minimum Gasteiger partial charge on any atom is -0.497 e. The highest BCUT2D eigenvalue weighted by Crippen LogP contribution is 2.16. The summed E-state index contributed by atoms with van der Waals surface area (Å²) in [6.45, 7) is 7.00. The van der Waals surface area contributed by atoms with Gasteiger partial charge in [-0.25, -0.2) is 0 Å². The predicted molar refractivity (Wildman–Crippen MR) is 97.1 cm³/mol. The summed E-state index contributed by atoms with van der Waals surface area (Å²) in [7, 11) is 1.66. The molecule has 0 aliphatic carbocycles. The summed E-state index contributed by atoms with van der Waals surface area (Å²) in [6.07, 6.45) is 2.60. The quantitative estimate of drug-likeness (QED) is 0.589. The first-order chi connectivity index (χ1) is 11.7. The molecule has 0 aliphatic heterocycles. The van der Waals surface area contributed by atoms with Crippen molar-refractivity contribution in [1.82, 2.24) is 0 Å². The van der Waals surface area contributed by atoms with Crippen molar-refractivity contribution >= 4 is 0 Å². The van der Waals surface area contributed by atoms with E-state index in [2.05, 4.69) is 18.7 Å². The molecule has 0 saturated carbocycles. The van der Waals surface area contributed by atoms with E-state index >= 15 is 0 Å². The van der Waals surface area contributed by atoms with E-state index in [4.69, 9.17) is 14.2 Å². The summed E-state index contributed by atoms with van der Waals surface area (Å²) >= 11 is 0. The highest BCUT2D eigenvalue weighted by Gasteiger charge is 2.17. The van der Waals surface area contributed by atoms with Crippen LogP contribution in [-0.2, 0) is 22.7 Å². The Morgan fingerprint density at radius 3 is 2.17 bits per heavy atom. The maximum atomic E-state index is 6.06. The first-order valence-corrected chi connectivity index (χ1v) is 8.24. The van der Waals surface area contributed by atoms with E-state index < -0.39 is 0 Å². The third-order valence-corrected chi connectivity index (χ3v) is 3.90. The van der Waals surface area contributed by atoms with Crippen molar-refractivity contribution in [2.24, 2.45) is 0 Å². The SMILES string of the molecule is C=CC[C@@H](OCc1ccc(OC)cc1)[C@@H](C)OCc1ccccc1. The fourth-order valence-corrected chi connectivity index (χ4v) is 2.39. The molecule has 0 radical (unpaired) electrons. The van der Waals surface area contributed by atoms with Gasteiger partial charge in [-0.05, 0) is 36.6 Å². The fourth-order valence-electron chi connectivity index (χ4n) is 2.39. The molecule has 0 amide bonds. The second-order valence-electron chi connectivity index (χ2n) is 5.72. The van der Waals surface area contributed by atoms with Crippen molar-refractivity contribution in [2.75, 3.05) is 7.11 Å². The van der Waals surface area contributed by atoms with Gasteiger partial charge in [-0.15, -0.1) is 6.58 Å². The molecule has 3 heteroatoms. The molecule has 2 atom stereocenters. The first-order valence-electron chi connectivity index (χ1n) is 8.24. The molecule has 0 spiro atoms. The van der Waals surface area contributed by atoms with Crippen LogP contribution in [0.15, 0.2) is 67.3 Å². The highest BCUT2D eigenvalue weighted by atomic mass is 16.5. The van der Waals surface area contributed by atoms with E-state index in [-0.39, 0.29) is 12.2 Å². The minimum absolute atomic E-state index is 0.0125. The molecule has 3 nitrogen and oxygen atoms in total. The normalized spacial score (nSPS) is 13.2. The van der Waals surface area contributed by atoms with Crippen LogP contribution in [0.4, 0.5) is 0 Å². The zero-order valence-corrected chi connectivity index (χ0v) is 14.5. The molecule has 0 aliphatic rings. The predicted octanol–water partition coefficient (Wildman–Crippen LogP) is 4.76. The van der Waals surface area contributed by atoms with Gasteiger partial charge in [-0.3, -0.25) is 0 Å². The smallest absolute Gasteiger partial charge is 0.118 e. The van der Waals surface area contributed by atoms with Crippen LogP contribution in [0.3, 0.4) is 0 Å². The fraction of sp³-hybridized carbons (Fsp3) is 0.333. The van der Waals surface area contributed by atoms with Gasteiger partial charge in [-0.1, -0.05) is 48.5 Å². The molecule has 2 rings (SSSR count). The number of hydrogen-bond donors (Lipinski definition) is 0. The van der Waals surface area contributed by atoms with Crippen LogP contribution in [0.25, 0.3) is 0 Å². The molecule has 2 aromatic carbocycles. The van der Waals surface area contributed by atoms with Gasteiger partial charge < -0.3 is 14.2 Å². The summed E-state index contributed by atoms with van der Waals surface area (Å²) in [6, 6.07) is 18.1. The van der Waals surface area contributed by atoms with Crippen LogP contribution in [0.5, 0.6) is 5.75 Å². The molecule has 0 N–H and O–H groups in total. The van der Waals surface area contributed by atoms with Crippen molar-refractivity contribution in [1.29, 1.82) is 0 Å². The number of hydrogen-bond acceptors (Lipinski definition) is 3. The monoisotopic (exact) mass is 326 g/mol. The zero-order chi connectivity index (χ0) is 17.2. The molecule has 0 aromatic heterocycles. The van der Waals surface area contributed by atoms with Gasteiger partial charge in [-0.2, -0.15) is 0 Å². The lowest BCUT2D eigenvalue weighted by molar-refractivity contribution is -0.0756. The number of benzene rings is 2. The Balaban J connectivity index is 1.86. The Bertz CT molecular complexity index is 592. The molecule has 2 aromatic rings. The Kier molecular flexibility index (Phi) is 7.53. The second-order valence-corrected chi connectivity index (χ2v) is 5.72. The van der Waals surface area contributed by atoms with Crippen molar-refractivity contribution < 1.29 is 14.2 Å². The Hall–Kier alpha value is -2.10. The van der Waals surface area contributed by atoms with E-state index in [9.17, 15) is 0 Å². The van der Waals surface area contributed by atoms with Gasteiger partial charge in [0.05, 0.1) is 32.5 Å². The Morgan fingerprint density at radius 1 is 0.917 bits per heavy atom. The average Bonchev–Trinajstić information content (AvgIpc) is 2.64. The van der Waals surface area contributed by atoms with Crippen LogP contribution in [-0.4, -0.2) is 19.3 Å². The molecule has 0 fully saturated rings. The summed E-state index contributed by atoms with van der Waals surface area (Å²) in [4.78, 5) is 0. The van der Waals surface area contributed by atoms with Gasteiger partial charge in [0.25, 0.3) is 0 Å². The zero-order valence-electron chi connectivity index (χ0n) is 14.5. The standard InChI is InChI=1S/C21H26O3/c1-4-8-21(17(2)23-15-18-9-6-5-7-10-18)24-16-19-11-13-20(22-3)14-12-19/h4-7,9-14,17,21H,1,8,15-16H2,2-3H3/t17-,21-/m1/s1. The molecule has 0 unspecified atom stereocenters. The number of rotatable bonds is 10. The second kappa shape index (κ2) is 9.91. The van der Waals surface area contributed by atoms with Gasteiger partial charge in [0, 0.05) is 0 Å². The molecular weight excluding hydrogens is 300 g/mol. The van der Waals surface area contributed by atoms with Crippen LogP contribution in [0.1, 0.15) is 24.5 Å². The van der Waals surface area contributed by atoms with Crippen molar-refractivity contribution in [3.63, 3.8) is 0 Å². The van der Waals surface area contributed by atoms with Crippen LogP contribution in [0.2, 0.25) is 0 Å². The largest absolute Gasteiger partial charge is 0.497 e. The average molecular weight is 326 g/mol. The topological polar surface area (TPSA) is 27.7 Å². The third kappa shape index (κ3) is 5.84. The minimum atomic E-state index is -0.0201. The lowest BCUT2D eigenvalue weighted by Gasteiger charge is -2.24. The van der Waals surface area contributed by atoms with Crippen LogP contribution < -0.4 is 4.74 Å². The van der Waals surface area contributed by atoms with Crippen molar-refractivity contribution in [2.45, 2.75) is 38.8 Å². The van der Waals surface area contributed by atoms with E-state index in [0.717, 1.165) is 23.3 Å². The molecule has 128 valence electrons. The Labute approximate surface area is 144 Å². The summed E-state index contributed by atoms with van der Waals surface area (Å²) in [5.41, 5.74) is 2.27. The lowest BCUT2D eigenvalue weighted by Crippen LogP contribution is -2.28. The molecular formula is C21H26O3. The van der Waals surface area contributed by atoms with Crippen molar-refractivity contribution in [3.05, 3.63) is 78.4 Å². The van der Waals surface area contributed by atoms with E-state index in [0.29, 0.717) is 13.2 Å². The van der Waals surface area contributed by atoms with Crippen LogP contribution in [0, 0.1) is 0 Å². The van der Waals surface area contributed by atoms with Crippen molar-refractivity contribution in [3.8, 4) is 5.75 Å². The number of ether oxygens (including phenoxy) is 3. The van der Waals surface area contributed by atoms with Gasteiger partial charge in [0.2, 0.25) is 0 Å². The molecule has 24 heavy (non-hydrogen) atoms. The van der Waals surface area contributed by atoms with Gasteiger partial charge in [0.1, 0.15) is 5.75 Å². The maximum absolute atomic E-state index is 6.06. The van der Waals surface area contributed by atoms with Crippen LogP contribution >= 0.6 is 0 Å². The first kappa shape index (κ1) is 18.2. The molecule has 0 bridgehead atoms. The highest BCUT2D eigenvalue weighted by molar-refractivity contribution is 5.26. The summed E-state index contributed by atoms with van der Waals surface area (Å²) in [5.74, 6) is 0.848. The maximum Gasteiger partial charge on any atom is 0.118 e. The summed E-state index contributed by atoms with van der Waals surface area (Å²) < 4.78 is 17.2. The Morgan fingerprint density at radius 2 is 1.54 bits per heavy atom. The summed E-state index contributed by atoms with van der Waals surface area (Å²) in [5, 5.41) is 0. The third-order valence-electron chi connectivity index (χ3n) is 3.90. The molecule has 0 heterocycles. The number of methoxy groups -OCH3 is 1. The lowest BCUT2D eigenvalue weighted by atomic mass is 10.1. The van der Waals surface area contributed by atoms with E-state index in [1.54, 1.807) is 7.11 Å².